The Labute approximate surface area is 173 Å². The molecule has 2 aromatic carbocycles. The molecule has 0 amide bonds. The summed E-state index contributed by atoms with van der Waals surface area (Å²) in [6.07, 6.45) is 3.59. The van der Waals surface area contributed by atoms with E-state index < -0.39 is 4.92 Å². The number of nitro benzene ring substituents is 1. The minimum atomic E-state index is -0.501. The number of pyridine rings is 1. The molecule has 29 heavy (non-hydrogen) atoms. The monoisotopic (exact) mass is 406 g/mol. The molecule has 0 saturated heterocycles. The van der Waals surface area contributed by atoms with Crippen LogP contribution in [0.4, 0.5) is 11.4 Å². The first-order valence-electron chi connectivity index (χ1n) is 8.89. The Kier molecular flexibility index (Phi) is 5.99. The molecule has 0 fully saturated rings. The Morgan fingerprint density at radius 1 is 1.07 bits per heavy atom. The molecular weight excluding hydrogens is 386 g/mol. The quantitative estimate of drug-likeness (QED) is 0.159. The van der Waals surface area contributed by atoms with Crippen LogP contribution < -0.4 is 9.88 Å². The second kappa shape index (κ2) is 8.62. The molecule has 0 unspecified atom stereocenters. The average molecular weight is 406 g/mol. The highest BCUT2D eigenvalue weighted by atomic mass is 32.1. The Hall–Kier alpha value is -3.58. The van der Waals surface area contributed by atoms with E-state index in [2.05, 4.69) is 5.32 Å². The van der Waals surface area contributed by atoms with Crippen LogP contribution in [0.1, 0.15) is 16.7 Å². The molecule has 0 aliphatic heterocycles. The fourth-order valence-corrected chi connectivity index (χ4v) is 3.13. The summed E-state index contributed by atoms with van der Waals surface area (Å²) in [7, 11) is 0. The second-order valence-corrected chi connectivity index (χ2v) is 7.02. The Bertz CT molecular complexity index is 1110. The number of nitro groups is 1. The number of aromatic nitrogens is 1. The molecule has 1 aromatic heterocycles. The molecule has 6 nitrogen and oxygen atoms in total. The lowest BCUT2D eigenvalue weighted by Gasteiger charge is -2.11. The number of aliphatic hydroxyl groups is 1. The van der Waals surface area contributed by atoms with E-state index in [1.165, 1.54) is 18.2 Å². The van der Waals surface area contributed by atoms with E-state index in [0.717, 1.165) is 16.8 Å². The van der Waals surface area contributed by atoms with Crippen molar-refractivity contribution in [3.05, 3.63) is 99.9 Å². The molecule has 0 radical (unpaired) electrons. The summed E-state index contributed by atoms with van der Waals surface area (Å²) in [6.45, 7) is 3.92. The van der Waals surface area contributed by atoms with Crippen LogP contribution >= 0.6 is 12.2 Å². The van der Waals surface area contributed by atoms with Crippen molar-refractivity contribution in [1.29, 1.82) is 0 Å². The Balaban J connectivity index is 2.10. The summed E-state index contributed by atoms with van der Waals surface area (Å²) in [6, 6.07) is 17.3. The zero-order valence-electron chi connectivity index (χ0n) is 16.0. The SMILES string of the molecule is Cc1ccc(NC(=S)/C(=C(/O)c2cccc([N+](=O)[O-])c2)[n+]2cccc(C)c2)cc1. The normalized spacial score (nSPS) is 11.5. The molecule has 2 N–H and O–H groups in total. The largest absolute Gasteiger partial charge is 0.502 e. The molecule has 0 aliphatic rings. The van der Waals surface area contributed by atoms with E-state index in [9.17, 15) is 15.2 Å². The number of non-ortho nitro benzene ring substituents is 1. The summed E-state index contributed by atoms with van der Waals surface area (Å²) < 4.78 is 1.70. The fourth-order valence-electron chi connectivity index (χ4n) is 2.81. The third-order valence-electron chi connectivity index (χ3n) is 4.29. The van der Waals surface area contributed by atoms with Gasteiger partial charge in [-0.1, -0.05) is 42.0 Å². The number of anilines is 1. The van der Waals surface area contributed by atoms with Crippen LogP contribution in [0.15, 0.2) is 73.1 Å². The van der Waals surface area contributed by atoms with Crippen LogP contribution in [0.25, 0.3) is 11.5 Å². The summed E-state index contributed by atoms with van der Waals surface area (Å²) in [5.74, 6) is -0.158. The van der Waals surface area contributed by atoms with E-state index in [1.807, 2.05) is 56.4 Å². The molecule has 0 spiro atoms. The fraction of sp³-hybridized carbons (Fsp3) is 0.0909. The maximum atomic E-state index is 11.1. The Morgan fingerprint density at radius 3 is 2.45 bits per heavy atom. The highest BCUT2D eigenvalue weighted by Crippen LogP contribution is 2.23. The van der Waals surface area contributed by atoms with Gasteiger partial charge >= 0.3 is 0 Å². The van der Waals surface area contributed by atoms with Gasteiger partial charge in [-0.05, 0) is 32.0 Å². The zero-order valence-corrected chi connectivity index (χ0v) is 16.8. The maximum absolute atomic E-state index is 11.1. The summed E-state index contributed by atoms with van der Waals surface area (Å²) in [5, 5.41) is 25.3. The number of nitrogens with zero attached hydrogens (tertiary/aromatic N) is 2. The first kappa shape index (κ1) is 20.2. The van der Waals surface area contributed by atoms with Gasteiger partial charge in [0.2, 0.25) is 0 Å². The predicted octanol–water partition coefficient (Wildman–Crippen LogP) is 4.82. The summed E-state index contributed by atoms with van der Waals surface area (Å²) in [5.41, 5.74) is 3.37. The molecule has 146 valence electrons. The van der Waals surface area contributed by atoms with Crippen LogP contribution in [0.5, 0.6) is 0 Å². The standard InChI is InChI=1S/C22H19N3O3S/c1-15-8-10-18(11-9-15)23-22(29)20(24-12-4-5-16(2)14-24)21(26)17-6-3-7-19(13-17)25(27)28/h3-14H,1-2H3,(H-,23,26,29)/p+1. The van der Waals surface area contributed by atoms with Crippen molar-refractivity contribution in [2.24, 2.45) is 0 Å². The first-order chi connectivity index (χ1) is 13.8. The van der Waals surface area contributed by atoms with Gasteiger partial charge in [-0.15, -0.1) is 0 Å². The van der Waals surface area contributed by atoms with Crippen LogP contribution in [-0.2, 0) is 0 Å². The minimum absolute atomic E-state index is 0.111. The van der Waals surface area contributed by atoms with Gasteiger partial charge in [-0.3, -0.25) is 10.1 Å². The zero-order chi connectivity index (χ0) is 21.0. The van der Waals surface area contributed by atoms with Gasteiger partial charge in [0.1, 0.15) is 0 Å². The van der Waals surface area contributed by atoms with Crippen molar-refractivity contribution in [2.75, 3.05) is 5.32 Å². The number of nitrogens with one attached hydrogen (secondary N) is 1. The van der Waals surface area contributed by atoms with Crippen LogP contribution in [0.3, 0.4) is 0 Å². The third kappa shape index (κ3) is 4.83. The molecule has 1 heterocycles. The molecule has 0 atom stereocenters. The lowest BCUT2D eigenvalue weighted by Crippen LogP contribution is -2.38. The number of hydrogen-bond donors (Lipinski definition) is 2. The van der Waals surface area contributed by atoms with E-state index in [-0.39, 0.29) is 16.4 Å². The van der Waals surface area contributed by atoms with Crippen molar-refractivity contribution < 1.29 is 14.6 Å². The molecule has 3 rings (SSSR count). The smallest absolute Gasteiger partial charge is 0.288 e. The van der Waals surface area contributed by atoms with Gasteiger partial charge in [0, 0.05) is 35.0 Å². The number of aryl methyl sites for hydroxylation is 2. The first-order valence-corrected chi connectivity index (χ1v) is 9.30. The minimum Gasteiger partial charge on any atom is -0.502 e. The van der Waals surface area contributed by atoms with Gasteiger partial charge in [-0.25, -0.2) is 0 Å². The van der Waals surface area contributed by atoms with Crippen molar-refractivity contribution in [3.8, 4) is 0 Å². The molecule has 0 saturated carbocycles. The second-order valence-electron chi connectivity index (χ2n) is 6.61. The van der Waals surface area contributed by atoms with Gasteiger partial charge in [0.05, 0.1) is 4.92 Å². The summed E-state index contributed by atoms with van der Waals surface area (Å²) >= 11 is 5.59. The summed E-state index contributed by atoms with van der Waals surface area (Å²) in [4.78, 5) is 10.9. The maximum Gasteiger partial charge on any atom is 0.288 e. The number of thiocarbonyl (C=S) groups is 1. The van der Waals surface area contributed by atoms with Crippen molar-refractivity contribution in [2.45, 2.75) is 13.8 Å². The highest BCUT2D eigenvalue weighted by Gasteiger charge is 2.25. The number of aliphatic hydroxyl groups excluding tert-OH is 1. The van der Waals surface area contributed by atoms with Crippen molar-refractivity contribution >= 4 is 40.0 Å². The van der Waals surface area contributed by atoms with Crippen molar-refractivity contribution in [1.82, 2.24) is 0 Å². The van der Waals surface area contributed by atoms with Gasteiger partial charge in [0.25, 0.3) is 11.4 Å². The van der Waals surface area contributed by atoms with Crippen LogP contribution in [0, 0.1) is 24.0 Å². The molecular formula is C22H20N3O3S+. The van der Waals surface area contributed by atoms with Gasteiger partial charge in [0.15, 0.2) is 23.1 Å². The van der Waals surface area contributed by atoms with E-state index >= 15 is 0 Å². The number of rotatable bonds is 5. The van der Waals surface area contributed by atoms with Crippen molar-refractivity contribution in [3.63, 3.8) is 0 Å². The Morgan fingerprint density at radius 2 is 1.79 bits per heavy atom. The van der Waals surface area contributed by atoms with Crippen LogP contribution in [-0.4, -0.2) is 15.0 Å². The predicted molar refractivity (Wildman–Crippen MR) is 118 cm³/mol. The average Bonchev–Trinajstić information content (AvgIpc) is 2.70. The number of benzene rings is 2. The molecule has 0 bridgehead atoms. The number of hydrogen-bond acceptors (Lipinski definition) is 4. The molecule has 7 heteroatoms. The topological polar surface area (TPSA) is 79.3 Å². The molecule has 0 aliphatic carbocycles. The third-order valence-corrected chi connectivity index (χ3v) is 4.58. The van der Waals surface area contributed by atoms with E-state index in [4.69, 9.17) is 12.2 Å². The van der Waals surface area contributed by atoms with Gasteiger partial charge < -0.3 is 10.4 Å². The van der Waals surface area contributed by atoms with Gasteiger partial charge in [-0.2, -0.15) is 4.57 Å². The molecule has 3 aromatic rings. The van der Waals surface area contributed by atoms with E-state index in [1.54, 1.807) is 16.8 Å². The lowest BCUT2D eigenvalue weighted by molar-refractivity contribution is -0.576. The van der Waals surface area contributed by atoms with Crippen LogP contribution in [0.2, 0.25) is 0 Å². The van der Waals surface area contributed by atoms with E-state index in [0.29, 0.717) is 11.3 Å². The lowest BCUT2D eigenvalue weighted by atomic mass is 10.1. The highest BCUT2D eigenvalue weighted by molar-refractivity contribution is 7.81.